The van der Waals surface area contributed by atoms with Crippen LogP contribution in [0.15, 0.2) is 24.3 Å². The normalized spacial score (nSPS) is 34.0. The fourth-order valence-electron chi connectivity index (χ4n) is 4.08. The molecule has 4 nitrogen and oxygen atoms in total. The summed E-state index contributed by atoms with van der Waals surface area (Å²) < 4.78 is 0. The van der Waals surface area contributed by atoms with E-state index in [9.17, 15) is 4.79 Å². The van der Waals surface area contributed by atoms with Crippen LogP contribution in [0.3, 0.4) is 0 Å². The van der Waals surface area contributed by atoms with Crippen molar-refractivity contribution in [3.05, 3.63) is 24.3 Å². The van der Waals surface area contributed by atoms with E-state index in [2.05, 4.69) is 16.0 Å². The molecule has 2 aliphatic carbocycles. The van der Waals surface area contributed by atoms with E-state index in [0.29, 0.717) is 12.6 Å². The number of amides is 1. The highest BCUT2D eigenvalue weighted by Crippen LogP contribution is 2.44. The van der Waals surface area contributed by atoms with Crippen LogP contribution in [0.1, 0.15) is 25.7 Å². The second kappa shape index (κ2) is 4.69. The molecule has 0 saturated heterocycles. The van der Waals surface area contributed by atoms with Crippen LogP contribution in [0.25, 0.3) is 0 Å². The van der Waals surface area contributed by atoms with Gasteiger partial charge in [-0.15, -0.1) is 0 Å². The maximum absolute atomic E-state index is 12.4. The van der Waals surface area contributed by atoms with Crippen LogP contribution in [0, 0.1) is 11.8 Å². The van der Waals surface area contributed by atoms with Crippen molar-refractivity contribution in [3.8, 4) is 0 Å². The van der Waals surface area contributed by atoms with Gasteiger partial charge in [-0.2, -0.15) is 0 Å². The lowest BCUT2D eigenvalue weighted by atomic mass is 9.95. The molecule has 20 heavy (non-hydrogen) atoms. The maximum atomic E-state index is 12.4. The summed E-state index contributed by atoms with van der Waals surface area (Å²) in [4.78, 5) is 12.4. The van der Waals surface area contributed by atoms with Crippen LogP contribution >= 0.6 is 0 Å². The van der Waals surface area contributed by atoms with Gasteiger partial charge in [-0.1, -0.05) is 18.6 Å². The number of hydrogen-bond donors (Lipinski definition) is 3. The van der Waals surface area contributed by atoms with Crippen molar-refractivity contribution in [2.45, 2.75) is 37.8 Å². The van der Waals surface area contributed by atoms with E-state index < -0.39 is 0 Å². The summed E-state index contributed by atoms with van der Waals surface area (Å²) in [6, 6.07) is 8.29. The van der Waals surface area contributed by atoms with Crippen molar-refractivity contribution >= 4 is 17.3 Å². The fraction of sp³-hybridized carbons (Fsp3) is 0.562. The third-order valence-electron chi connectivity index (χ3n) is 5.14. The number of para-hydroxylation sites is 2. The topological polar surface area (TPSA) is 53.2 Å². The molecule has 4 rings (SSSR count). The average molecular weight is 271 g/mol. The van der Waals surface area contributed by atoms with E-state index >= 15 is 0 Å². The van der Waals surface area contributed by atoms with Gasteiger partial charge in [0.25, 0.3) is 0 Å². The molecular formula is C16H21N3O. The van der Waals surface area contributed by atoms with Crippen molar-refractivity contribution in [2.24, 2.45) is 11.8 Å². The summed E-state index contributed by atoms with van der Waals surface area (Å²) in [6.07, 6.45) is 5.18. The van der Waals surface area contributed by atoms with Gasteiger partial charge in [-0.3, -0.25) is 4.79 Å². The first-order valence-electron chi connectivity index (χ1n) is 7.69. The fourth-order valence-corrected chi connectivity index (χ4v) is 4.08. The molecule has 1 aliphatic heterocycles. The molecule has 1 aromatic carbocycles. The monoisotopic (exact) mass is 271 g/mol. The van der Waals surface area contributed by atoms with Gasteiger partial charge in [-0.25, -0.2) is 0 Å². The first-order chi connectivity index (χ1) is 9.79. The smallest absolute Gasteiger partial charge is 0.244 e. The molecule has 4 unspecified atom stereocenters. The van der Waals surface area contributed by atoms with E-state index in [4.69, 9.17) is 0 Å². The summed E-state index contributed by atoms with van der Waals surface area (Å²) in [5.74, 6) is 1.74. The number of benzene rings is 1. The van der Waals surface area contributed by atoms with Gasteiger partial charge in [-0.05, 0) is 43.2 Å². The van der Waals surface area contributed by atoms with Crippen molar-refractivity contribution < 1.29 is 4.79 Å². The average Bonchev–Trinajstić information content (AvgIpc) is 3.09. The Bertz CT molecular complexity index is 530. The Kier molecular flexibility index (Phi) is 2.83. The zero-order chi connectivity index (χ0) is 13.5. The van der Waals surface area contributed by atoms with Crippen LogP contribution in [-0.4, -0.2) is 24.5 Å². The highest BCUT2D eigenvalue weighted by molar-refractivity contribution is 5.88. The summed E-state index contributed by atoms with van der Waals surface area (Å²) in [5, 5.41) is 9.94. The Morgan fingerprint density at radius 2 is 2.00 bits per heavy atom. The first kappa shape index (κ1) is 12.1. The molecular weight excluding hydrogens is 250 g/mol. The largest absolute Gasteiger partial charge is 0.381 e. The number of nitrogens with one attached hydrogen (secondary N) is 3. The molecule has 1 amide bonds. The second-order valence-electron chi connectivity index (χ2n) is 6.41. The van der Waals surface area contributed by atoms with Crippen molar-refractivity contribution in [3.63, 3.8) is 0 Å². The number of hydrogen-bond acceptors (Lipinski definition) is 3. The number of fused-ring (bicyclic) bond motifs is 3. The van der Waals surface area contributed by atoms with Gasteiger partial charge in [0, 0.05) is 12.6 Å². The summed E-state index contributed by atoms with van der Waals surface area (Å²) >= 11 is 0. The predicted molar refractivity (Wildman–Crippen MR) is 79.7 cm³/mol. The van der Waals surface area contributed by atoms with E-state index in [0.717, 1.165) is 23.2 Å². The molecule has 3 aliphatic rings. The van der Waals surface area contributed by atoms with Crippen LogP contribution < -0.4 is 16.0 Å². The molecule has 3 N–H and O–H groups in total. The standard InChI is InChI=1S/C16H21N3O/c20-16(19-14-8-10-5-6-11(14)7-10)15-9-17-12-3-1-2-4-13(12)18-15/h1-4,10-11,14-15,17-18H,5-9H2,(H,19,20). The van der Waals surface area contributed by atoms with E-state index in [1.165, 1.54) is 25.7 Å². The Balaban J connectivity index is 1.40. The van der Waals surface area contributed by atoms with Crippen LogP contribution in [-0.2, 0) is 4.79 Å². The van der Waals surface area contributed by atoms with Gasteiger partial charge in [0.15, 0.2) is 0 Å². The summed E-state index contributed by atoms with van der Waals surface area (Å²) in [5.41, 5.74) is 2.10. The molecule has 106 valence electrons. The lowest BCUT2D eigenvalue weighted by Gasteiger charge is -2.30. The van der Waals surface area contributed by atoms with Crippen molar-refractivity contribution in [1.29, 1.82) is 0 Å². The van der Waals surface area contributed by atoms with Gasteiger partial charge < -0.3 is 16.0 Å². The van der Waals surface area contributed by atoms with Crippen LogP contribution in [0.4, 0.5) is 11.4 Å². The van der Waals surface area contributed by atoms with Crippen LogP contribution in [0.2, 0.25) is 0 Å². The molecule has 4 atom stereocenters. The van der Waals surface area contributed by atoms with Crippen molar-refractivity contribution in [1.82, 2.24) is 5.32 Å². The predicted octanol–water partition coefficient (Wildman–Crippen LogP) is 2.20. The molecule has 4 heteroatoms. The highest BCUT2D eigenvalue weighted by Gasteiger charge is 2.40. The summed E-state index contributed by atoms with van der Waals surface area (Å²) in [7, 11) is 0. The minimum Gasteiger partial charge on any atom is -0.381 e. The molecule has 2 bridgehead atoms. The minimum absolute atomic E-state index is 0.143. The summed E-state index contributed by atoms with van der Waals surface area (Å²) in [6.45, 7) is 0.656. The lowest BCUT2D eigenvalue weighted by Crippen LogP contribution is -2.50. The third kappa shape index (κ3) is 2.03. The highest BCUT2D eigenvalue weighted by atomic mass is 16.2. The van der Waals surface area contributed by atoms with Gasteiger partial charge in [0.2, 0.25) is 5.91 Å². The Morgan fingerprint density at radius 1 is 1.15 bits per heavy atom. The minimum atomic E-state index is -0.163. The Hall–Kier alpha value is -1.71. The Labute approximate surface area is 119 Å². The van der Waals surface area contributed by atoms with Crippen molar-refractivity contribution in [2.75, 3.05) is 17.2 Å². The zero-order valence-corrected chi connectivity index (χ0v) is 11.6. The quantitative estimate of drug-likeness (QED) is 0.773. The molecule has 0 spiro atoms. The second-order valence-corrected chi connectivity index (χ2v) is 6.41. The Morgan fingerprint density at radius 3 is 2.75 bits per heavy atom. The van der Waals surface area contributed by atoms with Crippen LogP contribution in [0.5, 0.6) is 0 Å². The molecule has 2 fully saturated rings. The van der Waals surface area contributed by atoms with Gasteiger partial charge in [0.05, 0.1) is 11.4 Å². The molecule has 2 saturated carbocycles. The van der Waals surface area contributed by atoms with Gasteiger partial charge in [0.1, 0.15) is 6.04 Å². The number of rotatable bonds is 2. The molecule has 1 aromatic rings. The van der Waals surface area contributed by atoms with E-state index in [1.54, 1.807) is 0 Å². The molecule has 1 heterocycles. The first-order valence-corrected chi connectivity index (χ1v) is 7.69. The lowest BCUT2D eigenvalue weighted by molar-refractivity contribution is -0.122. The van der Waals surface area contributed by atoms with Gasteiger partial charge >= 0.3 is 0 Å². The third-order valence-corrected chi connectivity index (χ3v) is 5.14. The maximum Gasteiger partial charge on any atom is 0.244 e. The van der Waals surface area contributed by atoms with E-state index in [-0.39, 0.29) is 11.9 Å². The zero-order valence-electron chi connectivity index (χ0n) is 11.6. The number of anilines is 2. The van der Waals surface area contributed by atoms with E-state index in [1.807, 2.05) is 24.3 Å². The number of carbonyl (C=O) groups excluding carboxylic acids is 1. The SMILES string of the molecule is O=C(NC1CC2CCC1C2)C1CNc2ccccc2N1. The molecule has 0 aromatic heterocycles. The molecule has 0 radical (unpaired) electrons. The number of carbonyl (C=O) groups is 1.